The van der Waals surface area contributed by atoms with Gasteiger partial charge in [0.25, 0.3) is 0 Å². The topological polar surface area (TPSA) is 25.2 Å². The summed E-state index contributed by atoms with van der Waals surface area (Å²) in [5.41, 5.74) is 3.35. The van der Waals surface area contributed by atoms with Gasteiger partial charge in [0.1, 0.15) is 11.3 Å². The van der Waals surface area contributed by atoms with E-state index in [1.54, 1.807) is 0 Å². The monoisotopic (exact) mass is 279 g/mol. The van der Waals surface area contributed by atoms with E-state index in [0.717, 1.165) is 46.8 Å². The first-order valence-electron chi connectivity index (χ1n) is 6.94. The molecule has 0 bridgehead atoms. The third-order valence-corrected chi connectivity index (χ3v) is 3.63. The number of nitrogens with one attached hydrogen (secondary N) is 1. The van der Waals surface area contributed by atoms with Gasteiger partial charge >= 0.3 is 0 Å². The lowest BCUT2D eigenvalue weighted by atomic mass is 9.99. The molecule has 19 heavy (non-hydrogen) atoms. The summed E-state index contributed by atoms with van der Waals surface area (Å²) in [6.07, 6.45) is 0.997. The number of furan rings is 1. The maximum absolute atomic E-state index is 6.38. The first kappa shape index (κ1) is 14.4. The van der Waals surface area contributed by atoms with E-state index in [0.29, 0.717) is 5.92 Å². The van der Waals surface area contributed by atoms with E-state index in [1.807, 2.05) is 12.1 Å². The molecule has 2 nitrogen and oxygen atoms in total. The molecule has 3 heteroatoms. The van der Waals surface area contributed by atoms with Crippen molar-refractivity contribution >= 4 is 22.6 Å². The van der Waals surface area contributed by atoms with Crippen LogP contribution in [-0.4, -0.2) is 6.54 Å². The van der Waals surface area contributed by atoms with Gasteiger partial charge in [0, 0.05) is 10.9 Å². The molecule has 0 aliphatic rings. The van der Waals surface area contributed by atoms with Crippen molar-refractivity contribution < 1.29 is 4.42 Å². The van der Waals surface area contributed by atoms with Crippen molar-refractivity contribution in [2.24, 2.45) is 5.92 Å². The molecule has 0 spiro atoms. The third-order valence-electron chi connectivity index (χ3n) is 3.32. The van der Waals surface area contributed by atoms with Crippen molar-refractivity contribution in [2.75, 3.05) is 6.54 Å². The maximum Gasteiger partial charge on any atom is 0.139 e. The summed E-state index contributed by atoms with van der Waals surface area (Å²) < 4.78 is 6.07. The highest BCUT2D eigenvalue weighted by Crippen LogP contribution is 2.35. The van der Waals surface area contributed by atoms with E-state index in [4.69, 9.17) is 16.0 Å². The average molecular weight is 280 g/mol. The highest BCUT2D eigenvalue weighted by atomic mass is 35.5. The first-order valence-corrected chi connectivity index (χ1v) is 7.32. The second kappa shape index (κ2) is 5.98. The van der Waals surface area contributed by atoms with Gasteiger partial charge < -0.3 is 9.73 Å². The Balaban J connectivity index is 2.59. The van der Waals surface area contributed by atoms with Crippen LogP contribution < -0.4 is 5.32 Å². The van der Waals surface area contributed by atoms with Crippen LogP contribution in [0.25, 0.3) is 11.0 Å². The molecule has 1 aromatic carbocycles. The molecule has 0 fully saturated rings. The molecule has 0 radical (unpaired) electrons. The number of rotatable bonds is 5. The molecule has 1 aromatic heterocycles. The van der Waals surface area contributed by atoms with Crippen LogP contribution in [0.15, 0.2) is 16.5 Å². The first-order chi connectivity index (χ1) is 9.04. The molecule has 104 valence electrons. The van der Waals surface area contributed by atoms with Crippen molar-refractivity contribution in [2.45, 2.75) is 40.7 Å². The number of aryl methyl sites for hydroxylation is 1. The van der Waals surface area contributed by atoms with Gasteiger partial charge in [-0.15, -0.1) is 0 Å². The van der Waals surface area contributed by atoms with Gasteiger partial charge in [0.15, 0.2) is 0 Å². The second-order valence-electron chi connectivity index (χ2n) is 5.45. The number of hydrogen-bond donors (Lipinski definition) is 1. The van der Waals surface area contributed by atoms with Crippen molar-refractivity contribution in [3.05, 3.63) is 34.0 Å². The molecule has 2 rings (SSSR count). The van der Waals surface area contributed by atoms with Gasteiger partial charge in [-0.05, 0) is 37.4 Å². The molecule has 0 aliphatic carbocycles. The summed E-state index contributed by atoms with van der Waals surface area (Å²) in [6, 6.07) is 3.99. The minimum Gasteiger partial charge on any atom is -0.459 e. The van der Waals surface area contributed by atoms with Crippen LogP contribution in [0.3, 0.4) is 0 Å². The Morgan fingerprint density at radius 1 is 1.32 bits per heavy atom. The predicted octanol–water partition coefficient (Wildman–Crippen LogP) is 4.70. The fraction of sp³-hybridized carbons (Fsp3) is 0.500. The zero-order valence-corrected chi connectivity index (χ0v) is 12.9. The van der Waals surface area contributed by atoms with Crippen LogP contribution >= 0.6 is 11.6 Å². The molecule has 0 aliphatic heterocycles. The highest BCUT2D eigenvalue weighted by Gasteiger charge is 2.18. The highest BCUT2D eigenvalue weighted by molar-refractivity contribution is 6.35. The van der Waals surface area contributed by atoms with Crippen molar-refractivity contribution in [3.8, 4) is 0 Å². The summed E-state index contributed by atoms with van der Waals surface area (Å²) in [5, 5.41) is 5.24. The summed E-state index contributed by atoms with van der Waals surface area (Å²) >= 11 is 6.38. The molecule has 1 heterocycles. The van der Waals surface area contributed by atoms with Crippen LogP contribution in [0.1, 0.15) is 37.7 Å². The van der Waals surface area contributed by atoms with Crippen LogP contribution in [0.4, 0.5) is 0 Å². The van der Waals surface area contributed by atoms with Crippen LogP contribution in [0.2, 0.25) is 5.02 Å². The van der Waals surface area contributed by atoms with Crippen LogP contribution in [0, 0.1) is 12.8 Å². The number of benzene rings is 1. The zero-order valence-electron chi connectivity index (χ0n) is 12.1. The molecule has 0 unspecified atom stereocenters. The summed E-state index contributed by atoms with van der Waals surface area (Å²) in [5.74, 6) is 1.61. The van der Waals surface area contributed by atoms with Crippen LogP contribution in [-0.2, 0) is 13.0 Å². The van der Waals surface area contributed by atoms with E-state index < -0.39 is 0 Å². The Kier molecular flexibility index (Phi) is 4.54. The molecular formula is C16H22ClNO. The predicted molar refractivity (Wildman–Crippen MR) is 81.9 cm³/mol. The summed E-state index contributed by atoms with van der Waals surface area (Å²) in [6.45, 7) is 10.3. The molecular weight excluding hydrogens is 258 g/mol. The van der Waals surface area contributed by atoms with Gasteiger partial charge in [-0.2, -0.15) is 0 Å². The number of hydrogen-bond acceptors (Lipinski definition) is 2. The Morgan fingerprint density at radius 2 is 2.05 bits per heavy atom. The minimum absolute atomic E-state index is 0.581. The lowest BCUT2D eigenvalue weighted by Crippen LogP contribution is -2.12. The van der Waals surface area contributed by atoms with Crippen LogP contribution in [0.5, 0.6) is 0 Å². The summed E-state index contributed by atoms with van der Waals surface area (Å²) in [7, 11) is 0. The Bertz CT molecular complexity index is 572. The smallest absolute Gasteiger partial charge is 0.139 e. The number of fused-ring (bicyclic) bond motifs is 1. The lowest BCUT2D eigenvalue weighted by Gasteiger charge is -2.07. The normalized spacial score (nSPS) is 11.7. The van der Waals surface area contributed by atoms with Crippen molar-refractivity contribution in [3.63, 3.8) is 0 Å². The Labute approximate surface area is 120 Å². The molecule has 1 N–H and O–H groups in total. The van der Waals surface area contributed by atoms with E-state index in [2.05, 4.69) is 33.0 Å². The Hall–Kier alpha value is -0.990. The minimum atomic E-state index is 0.581. The molecule has 2 aromatic rings. The fourth-order valence-electron chi connectivity index (χ4n) is 2.41. The molecule has 0 atom stereocenters. The quantitative estimate of drug-likeness (QED) is 0.858. The summed E-state index contributed by atoms with van der Waals surface area (Å²) in [4.78, 5) is 0. The average Bonchev–Trinajstić information content (AvgIpc) is 2.71. The van der Waals surface area contributed by atoms with Crippen molar-refractivity contribution in [1.82, 2.24) is 5.32 Å². The van der Waals surface area contributed by atoms with Crippen molar-refractivity contribution in [1.29, 1.82) is 0 Å². The van der Waals surface area contributed by atoms with E-state index in [1.165, 1.54) is 5.56 Å². The zero-order chi connectivity index (χ0) is 14.0. The van der Waals surface area contributed by atoms with E-state index >= 15 is 0 Å². The van der Waals surface area contributed by atoms with Gasteiger partial charge in [0.05, 0.1) is 11.6 Å². The van der Waals surface area contributed by atoms with E-state index in [9.17, 15) is 0 Å². The van der Waals surface area contributed by atoms with Gasteiger partial charge in [0.2, 0.25) is 0 Å². The number of halogens is 1. The molecule has 0 saturated carbocycles. The molecule has 0 saturated heterocycles. The Morgan fingerprint density at radius 3 is 2.68 bits per heavy atom. The molecule has 0 amide bonds. The largest absolute Gasteiger partial charge is 0.459 e. The van der Waals surface area contributed by atoms with Gasteiger partial charge in [-0.1, -0.05) is 38.4 Å². The van der Waals surface area contributed by atoms with Gasteiger partial charge in [-0.25, -0.2) is 0 Å². The van der Waals surface area contributed by atoms with E-state index in [-0.39, 0.29) is 0 Å². The maximum atomic E-state index is 6.38. The van der Waals surface area contributed by atoms with Gasteiger partial charge in [-0.3, -0.25) is 0 Å². The third kappa shape index (κ3) is 2.96. The SMILES string of the molecule is CCNCc1oc2c(C)ccc(Cl)c2c1CC(C)C. The lowest BCUT2D eigenvalue weighted by molar-refractivity contribution is 0.505. The fourth-order valence-corrected chi connectivity index (χ4v) is 2.67. The second-order valence-corrected chi connectivity index (χ2v) is 5.86. The standard InChI is InChI=1S/C16H22ClNO/c1-5-18-9-14-12(8-10(2)3)15-13(17)7-6-11(4)16(15)19-14/h6-7,10,18H,5,8-9H2,1-4H3.